The van der Waals surface area contributed by atoms with Crippen molar-refractivity contribution in [2.75, 3.05) is 18.0 Å². The highest BCUT2D eigenvalue weighted by Crippen LogP contribution is 2.32. The summed E-state index contributed by atoms with van der Waals surface area (Å²) in [5.41, 5.74) is 2.70. The maximum Gasteiger partial charge on any atom is 0.573 e. The van der Waals surface area contributed by atoms with Crippen molar-refractivity contribution in [2.24, 2.45) is 0 Å². The number of piperidine rings is 1. The topological polar surface area (TPSA) is 36.3 Å². The van der Waals surface area contributed by atoms with Crippen molar-refractivity contribution < 1.29 is 17.9 Å². The highest BCUT2D eigenvalue weighted by molar-refractivity contribution is 5.52. The smallest absolute Gasteiger partial charge is 0.406 e. The minimum absolute atomic E-state index is 0.193. The molecule has 1 saturated heterocycles. The molecule has 1 aliphatic rings. The van der Waals surface area contributed by atoms with Gasteiger partial charge in [-0.3, -0.25) is 0 Å². The van der Waals surface area contributed by atoms with Crippen molar-refractivity contribution >= 4 is 5.69 Å². The molecular formula is C19H17F3N2O. The highest BCUT2D eigenvalue weighted by Gasteiger charge is 2.31. The zero-order chi connectivity index (χ0) is 17.9. The summed E-state index contributed by atoms with van der Waals surface area (Å²) in [7, 11) is 0. The fraction of sp³-hybridized carbons (Fsp3) is 0.316. The van der Waals surface area contributed by atoms with Gasteiger partial charge in [-0.25, -0.2) is 0 Å². The monoisotopic (exact) mass is 346 g/mol. The number of nitriles is 1. The lowest BCUT2D eigenvalue weighted by Crippen LogP contribution is -2.32. The Morgan fingerprint density at radius 1 is 1.04 bits per heavy atom. The largest absolute Gasteiger partial charge is 0.573 e. The van der Waals surface area contributed by atoms with Crippen LogP contribution in [0.15, 0.2) is 48.5 Å². The van der Waals surface area contributed by atoms with Gasteiger partial charge in [0.1, 0.15) is 5.75 Å². The van der Waals surface area contributed by atoms with Crippen LogP contribution in [0, 0.1) is 11.3 Å². The lowest BCUT2D eigenvalue weighted by atomic mass is 9.89. The molecule has 0 atom stereocenters. The second kappa shape index (κ2) is 7.06. The van der Waals surface area contributed by atoms with Gasteiger partial charge in [0.05, 0.1) is 11.6 Å². The molecule has 0 spiro atoms. The normalized spacial score (nSPS) is 15.7. The Balaban J connectivity index is 1.61. The molecular weight excluding hydrogens is 329 g/mol. The third-order valence-corrected chi connectivity index (χ3v) is 4.42. The van der Waals surface area contributed by atoms with E-state index in [0.717, 1.165) is 37.2 Å². The average molecular weight is 346 g/mol. The second-order valence-electron chi connectivity index (χ2n) is 6.04. The third kappa shape index (κ3) is 4.44. The van der Waals surface area contributed by atoms with Gasteiger partial charge < -0.3 is 9.64 Å². The van der Waals surface area contributed by atoms with Gasteiger partial charge in [-0.05, 0) is 54.7 Å². The quantitative estimate of drug-likeness (QED) is 0.798. The van der Waals surface area contributed by atoms with Gasteiger partial charge in [-0.1, -0.05) is 18.2 Å². The molecule has 1 fully saturated rings. The molecule has 0 bridgehead atoms. The van der Waals surface area contributed by atoms with E-state index in [0.29, 0.717) is 11.5 Å². The van der Waals surface area contributed by atoms with Crippen LogP contribution in [0.4, 0.5) is 18.9 Å². The lowest BCUT2D eigenvalue weighted by molar-refractivity contribution is -0.274. The molecule has 2 aromatic carbocycles. The van der Waals surface area contributed by atoms with Crippen molar-refractivity contribution in [3.63, 3.8) is 0 Å². The van der Waals surface area contributed by atoms with E-state index < -0.39 is 6.36 Å². The Labute approximate surface area is 144 Å². The molecule has 130 valence electrons. The van der Waals surface area contributed by atoms with Crippen LogP contribution in [0.1, 0.15) is 29.9 Å². The van der Waals surface area contributed by atoms with E-state index in [1.54, 1.807) is 18.2 Å². The van der Waals surface area contributed by atoms with Crippen molar-refractivity contribution in [1.82, 2.24) is 0 Å². The van der Waals surface area contributed by atoms with Gasteiger partial charge in [0.15, 0.2) is 0 Å². The van der Waals surface area contributed by atoms with Crippen LogP contribution in [0.5, 0.6) is 5.75 Å². The number of anilines is 1. The average Bonchev–Trinajstić information content (AvgIpc) is 2.61. The van der Waals surface area contributed by atoms with Crippen LogP contribution >= 0.6 is 0 Å². The van der Waals surface area contributed by atoms with E-state index in [9.17, 15) is 13.2 Å². The number of nitrogens with zero attached hydrogens (tertiary/aromatic N) is 2. The van der Waals surface area contributed by atoms with E-state index in [1.807, 2.05) is 18.2 Å². The molecule has 1 heterocycles. The van der Waals surface area contributed by atoms with Crippen molar-refractivity contribution in [3.05, 3.63) is 59.7 Å². The molecule has 0 aromatic heterocycles. The zero-order valence-corrected chi connectivity index (χ0v) is 13.5. The molecule has 25 heavy (non-hydrogen) atoms. The standard InChI is InChI=1S/C19H17F3N2O/c20-19(21,22)25-18-6-4-15(5-7-18)16-8-10-24(11-9-16)17-3-1-2-14(12-17)13-23/h1-7,12,16H,8-11H2. The van der Waals surface area contributed by atoms with Gasteiger partial charge in [-0.2, -0.15) is 5.26 Å². The number of rotatable bonds is 3. The minimum Gasteiger partial charge on any atom is -0.406 e. The molecule has 0 radical (unpaired) electrons. The highest BCUT2D eigenvalue weighted by atomic mass is 19.4. The van der Waals surface area contributed by atoms with Gasteiger partial charge in [0.2, 0.25) is 0 Å². The molecule has 2 aromatic rings. The summed E-state index contributed by atoms with van der Waals surface area (Å²) >= 11 is 0. The number of hydrogen-bond donors (Lipinski definition) is 0. The molecule has 0 amide bonds. The maximum absolute atomic E-state index is 12.2. The Morgan fingerprint density at radius 2 is 1.72 bits per heavy atom. The number of ether oxygens (including phenoxy) is 1. The molecule has 0 saturated carbocycles. The Kier molecular flexibility index (Phi) is 4.84. The number of hydrogen-bond acceptors (Lipinski definition) is 3. The Bertz CT molecular complexity index is 757. The predicted octanol–water partition coefficient (Wildman–Crippen LogP) is 4.84. The summed E-state index contributed by atoms with van der Waals surface area (Å²) < 4.78 is 40.5. The van der Waals surface area contributed by atoms with E-state index in [1.165, 1.54) is 12.1 Å². The molecule has 3 nitrogen and oxygen atoms in total. The summed E-state index contributed by atoms with van der Waals surface area (Å²) in [6.45, 7) is 1.70. The Morgan fingerprint density at radius 3 is 2.32 bits per heavy atom. The first-order valence-corrected chi connectivity index (χ1v) is 8.05. The molecule has 6 heteroatoms. The molecule has 0 N–H and O–H groups in total. The van der Waals surface area contributed by atoms with Gasteiger partial charge >= 0.3 is 6.36 Å². The molecule has 0 aliphatic carbocycles. The zero-order valence-electron chi connectivity index (χ0n) is 13.5. The third-order valence-electron chi connectivity index (χ3n) is 4.42. The van der Waals surface area contributed by atoms with E-state index in [-0.39, 0.29) is 5.75 Å². The van der Waals surface area contributed by atoms with Crippen LogP contribution in [0.3, 0.4) is 0 Å². The van der Waals surface area contributed by atoms with Crippen LogP contribution in [0.25, 0.3) is 0 Å². The number of alkyl halides is 3. The summed E-state index contributed by atoms with van der Waals surface area (Å²) in [6, 6.07) is 15.8. The van der Waals surface area contributed by atoms with Crippen molar-refractivity contribution in [3.8, 4) is 11.8 Å². The molecule has 0 unspecified atom stereocenters. The first-order valence-electron chi connectivity index (χ1n) is 8.05. The lowest BCUT2D eigenvalue weighted by Gasteiger charge is -2.34. The van der Waals surface area contributed by atoms with Gasteiger partial charge in [0.25, 0.3) is 0 Å². The fourth-order valence-electron chi connectivity index (χ4n) is 3.18. The summed E-state index contributed by atoms with van der Waals surface area (Å²) in [5, 5.41) is 9.00. The first kappa shape index (κ1) is 17.2. The minimum atomic E-state index is -4.66. The Hall–Kier alpha value is -2.68. The molecule has 1 aliphatic heterocycles. The van der Waals surface area contributed by atoms with E-state index >= 15 is 0 Å². The van der Waals surface area contributed by atoms with Crippen molar-refractivity contribution in [2.45, 2.75) is 25.1 Å². The van der Waals surface area contributed by atoms with Gasteiger partial charge in [-0.15, -0.1) is 13.2 Å². The SMILES string of the molecule is N#Cc1cccc(N2CCC(c3ccc(OC(F)(F)F)cc3)CC2)c1. The van der Waals surface area contributed by atoms with Gasteiger partial charge in [0, 0.05) is 18.8 Å². The summed E-state index contributed by atoms with van der Waals surface area (Å²) in [6.07, 6.45) is -2.84. The maximum atomic E-state index is 12.2. The van der Waals surface area contributed by atoms with Crippen molar-refractivity contribution in [1.29, 1.82) is 5.26 Å². The van der Waals surface area contributed by atoms with Crippen LogP contribution in [-0.2, 0) is 0 Å². The van der Waals surface area contributed by atoms with Crippen LogP contribution in [-0.4, -0.2) is 19.5 Å². The fourth-order valence-corrected chi connectivity index (χ4v) is 3.18. The second-order valence-corrected chi connectivity index (χ2v) is 6.04. The summed E-state index contributed by atoms with van der Waals surface area (Å²) in [4.78, 5) is 2.23. The van der Waals surface area contributed by atoms with E-state index in [4.69, 9.17) is 5.26 Å². The van der Waals surface area contributed by atoms with E-state index in [2.05, 4.69) is 15.7 Å². The molecule has 3 rings (SSSR count). The summed E-state index contributed by atoms with van der Waals surface area (Å²) in [5.74, 6) is 0.123. The van der Waals surface area contributed by atoms with Crippen LogP contribution < -0.4 is 9.64 Å². The van der Waals surface area contributed by atoms with Crippen LogP contribution in [0.2, 0.25) is 0 Å². The first-order chi connectivity index (χ1) is 11.9. The predicted molar refractivity (Wildman–Crippen MR) is 88.5 cm³/mol. The number of benzene rings is 2. The number of halogens is 3.